The van der Waals surface area contributed by atoms with Crippen molar-refractivity contribution in [1.29, 1.82) is 0 Å². The number of para-hydroxylation sites is 1. The van der Waals surface area contributed by atoms with E-state index in [1.807, 2.05) is 6.07 Å². The first kappa shape index (κ1) is 18.6. The van der Waals surface area contributed by atoms with E-state index >= 15 is 0 Å². The molecular weight excluding hydrogens is 371 g/mol. The van der Waals surface area contributed by atoms with E-state index in [-0.39, 0.29) is 16.9 Å². The minimum absolute atomic E-state index is 0.0453. The smallest absolute Gasteiger partial charge is 0.300 e. The van der Waals surface area contributed by atoms with Crippen LogP contribution in [-0.2, 0) is 9.59 Å². The Balaban J connectivity index is 1.95. The number of benzene rings is 2. The Bertz CT molecular complexity index is 1130. The summed E-state index contributed by atoms with van der Waals surface area (Å²) in [4.78, 5) is 31.2. The summed E-state index contributed by atoms with van der Waals surface area (Å²) >= 11 is 0. The molecule has 1 fully saturated rings. The van der Waals surface area contributed by atoms with Gasteiger partial charge in [0.25, 0.3) is 11.7 Å². The topological polar surface area (TPSA) is 70.5 Å². The highest BCUT2D eigenvalue weighted by molar-refractivity contribution is 6.51. The van der Waals surface area contributed by atoms with Gasteiger partial charge in [-0.1, -0.05) is 18.2 Å². The lowest BCUT2D eigenvalue weighted by Gasteiger charge is -2.25. The summed E-state index contributed by atoms with van der Waals surface area (Å²) in [6.45, 7) is 1.56. The molecule has 1 N–H and O–H groups in total. The third-order valence-corrected chi connectivity index (χ3v) is 4.93. The molecule has 1 unspecified atom stereocenters. The molecule has 144 valence electrons. The number of ketones is 1. The zero-order valence-corrected chi connectivity index (χ0v) is 15.5. The molecule has 1 aromatic heterocycles. The molecule has 0 aliphatic carbocycles. The van der Waals surface area contributed by atoms with E-state index < -0.39 is 23.5 Å². The molecule has 1 amide bonds. The Morgan fingerprint density at radius 3 is 2.38 bits per heavy atom. The summed E-state index contributed by atoms with van der Waals surface area (Å²) in [7, 11) is 0. The monoisotopic (exact) mass is 388 g/mol. The third kappa shape index (κ3) is 3.18. The first-order valence-corrected chi connectivity index (χ1v) is 9.01. The lowest BCUT2D eigenvalue weighted by Crippen LogP contribution is -2.29. The SMILES string of the molecule is Cc1cc(/C(O)=C2/C(=O)C(=O)N(c3ccccc3)C2c2ccncc2)ccc1F. The highest BCUT2D eigenvalue weighted by Crippen LogP contribution is 2.41. The van der Waals surface area contributed by atoms with Crippen LogP contribution in [0.2, 0.25) is 0 Å². The standard InChI is InChI=1S/C23H17FN2O3/c1-14-13-16(7-8-18(14)24)21(27)19-20(15-9-11-25-12-10-15)26(23(29)22(19)28)17-5-3-2-4-6-17/h2-13,20,27H,1H3/b21-19-. The highest BCUT2D eigenvalue weighted by atomic mass is 19.1. The summed E-state index contributed by atoms with van der Waals surface area (Å²) in [5.74, 6) is -2.29. The summed E-state index contributed by atoms with van der Waals surface area (Å²) in [6.07, 6.45) is 3.12. The maximum absolute atomic E-state index is 13.7. The van der Waals surface area contributed by atoms with E-state index in [1.165, 1.54) is 23.1 Å². The number of hydrogen-bond donors (Lipinski definition) is 1. The van der Waals surface area contributed by atoms with Gasteiger partial charge in [-0.05, 0) is 60.5 Å². The number of aryl methyl sites for hydroxylation is 1. The number of pyridine rings is 1. The summed E-state index contributed by atoms with van der Waals surface area (Å²) < 4.78 is 13.7. The number of carbonyl (C=O) groups is 2. The number of aromatic nitrogens is 1. The normalized spacial score (nSPS) is 18.3. The number of aliphatic hydroxyl groups is 1. The van der Waals surface area contributed by atoms with Crippen molar-refractivity contribution in [2.24, 2.45) is 0 Å². The second-order valence-corrected chi connectivity index (χ2v) is 6.75. The molecule has 4 rings (SSSR count). The molecule has 2 aromatic carbocycles. The molecule has 29 heavy (non-hydrogen) atoms. The maximum Gasteiger partial charge on any atom is 0.300 e. The number of halogens is 1. The van der Waals surface area contributed by atoms with Gasteiger partial charge < -0.3 is 5.11 Å². The zero-order valence-electron chi connectivity index (χ0n) is 15.5. The van der Waals surface area contributed by atoms with Crippen LogP contribution in [0.25, 0.3) is 5.76 Å². The van der Waals surface area contributed by atoms with Crippen molar-refractivity contribution in [3.63, 3.8) is 0 Å². The zero-order chi connectivity index (χ0) is 20.5. The van der Waals surface area contributed by atoms with Gasteiger partial charge in [-0.25, -0.2) is 4.39 Å². The molecule has 1 aliphatic heterocycles. The van der Waals surface area contributed by atoms with E-state index in [4.69, 9.17) is 0 Å². The van der Waals surface area contributed by atoms with Crippen LogP contribution in [-0.4, -0.2) is 21.8 Å². The Hall–Kier alpha value is -3.80. The predicted octanol–water partition coefficient (Wildman–Crippen LogP) is 4.16. The largest absolute Gasteiger partial charge is 0.507 e. The average molecular weight is 388 g/mol. The molecule has 3 aromatic rings. The van der Waals surface area contributed by atoms with Gasteiger partial charge in [-0.15, -0.1) is 0 Å². The van der Waals surface area contributed by atoms with Gasteiger partial charge in [0.15, 0.2) is 0 Å². The second kappa shape index (κ2) is 7.31. The molecule has 1 aliphatic rings. The van der Waals surface area contributed by atoms with E-state index in [9.17, 15) is 19.1 Å². The number of nitrogens with zero attached hydrogens (tertiary/aromatic N) is 2. The third-order valence-electron chi connectivity index (χ3n) is 4.93. The lowest BCUT2D eigenvalue weighted by molar-refractivity contribution is -0.132. The highest BCUT2D eigenvalue weighted by Gasteiger charge is 2.46. The Morgan fingerprint density at radius 2 is 1.72 bits per heavy atom. The van der Waals surface area contributed by atoms with Crippen LogP contribution < -0.4 is 4.90 Å². The van der Waals surface area contributed by atoms with Gasteiger partial charge in [-0.3, -0.25) is 19.5 Å². The summed E-state index contributed by atoms with van der Waals surface area (Å²) in [5.41, 5.74) is 1.71. The average Bonchev–Trinajstić information content (AvgIpc) is 3.01. The molecular formula is C23H17FN2O3. The summed E-state index contributed by atoms with van der Waals surface area (Å²) in [5, 5.41) is 11.0. The van der Waals surface area contributed by atoms with Gasteiger partial charge in [-0.2, -0.15) is 0 Å². The molecule has 0 spiro atoms. The van der Waals surface area contributed by atoms with E-state index in [2.05, 4.69) is 4.98 Å². The van der Waals surface area contributed by atoms with Crippen LogP contribution in [0.15, 0.2) is 78.6 Å². The van der Waals surface area contributed by atoms with Crippen LogP contribution in [0, 0.1) is 12.7 Å². The fourth-order valence-corrected chi connectivity index (χ4v) is 3.50. The minimum Gasteiger partial charge on any atom is -0.507 e. The van der Waals surface area contributed by atoms with Crippen molar-refractivity contribution < 1.29 is 19.1 Å². The molecule has 1 saturated heterocycles. The molecule has 0 radical (unpaired) electrons. The van der Waals surface area contributed by atoms with Gasteiger partial charge in [0.05, 0.1) is 11.6 Å². The first-order valence-electron chi connectivity index (χ1n) is 9.01. The number of hydrogen-bond acceptors (Lipinski definition) is 4. The fourth-order valence-electron chi connectivity index (χ4n) is 3.50. The van der Waals surface area contributed by atoms with Crippen LogP contribution >= 0.6 is 0 Å². The van der Waals surface area contributed by atoms with Crippen LogP contribution in [0.1, 0.15) is 22.7 Å². The minimum atomic E-state index is -0.828. The first-order chi connectivity index (χ1) is 14.0. The molecule has 6 heteroatoms. The van der Waals surface area contributed by atoms with Crippen molar-refractivity contribution >= 4 is 23.1 Å². The number of anilines is 1. The van der Waals surface area contributed by atoms with E-state index in [0.29, 0.717) is 16.8 Å². The molecule has 1 atom stereocenters. The fraction of sp³-hybridized carbons (Fsp3) is 0.0870. The second-order valence-electron chi connectivity index (χ2n) is 6.75. The number of aliphatic hydroxyl groups excluding tert-OH is 1. The molecule has 2 heterocycles. The number of Topliss-reactive ketones (excluding diaryl/α,β-unsaturated/α-hetero) is 1. The number of amides is 1. The van der Waals surface area contributed by atoms with Crippen LogP contribution in [0.4, 0.5) is 10.1 Å². The van der Waals surface area contributed by atoms with Gasteiger partial charge in [0.2, 0.25) is 0 Å². The van der Waals surface area contributed by atoms with Crippen LogP contribution in [0.3, 0.4) is 0 Å². The van der Waals surface area contributed by atoms with Crippen molar-refractivity contribution in [3.05, 3.63) is 101 Å². The Labute approximate surface area is 166 Å². The van der Waals surface area contributed by atoms with Gasteiger partial charge >= 0.3 is 0 Å². The van der Waals surface area contributed by atoms with Crippen molar-refractivity contribution in [2.75, 3.05) is 4.90 Å². The molecule has 0 bridgehead atoms. The summed E-state index contributed by atoms with van der Waals surface area (Å²) in [6, 6.07) is 15.4. The number of carbonyl (C=O) groups excluding carboxylic acids is 2. The van der Waals surface area contributed by atoms with Crippen molar-refractivity contribution in [3.8, 4) is 0 Å². The predicted molar refractivity (Wildman–Crippen MR) is 107 cm³/mol. The quantitative estimate of drug-likeness (QED) is 0.416. The van der Waals surface area contributed by atoms with Crippen molar-refractivity contribution in [1.82, 2.24) is 4.98 Å². The van der Waals surface area contributed by atoms with Crippen LogP contribution in [0.5, 0.6) is 0 Å². The van der Waals surface area contributed by atoms with E-state index in [1.54, 1.807) is 55.7 Å². The number of rotatable bonds is 3. The maximum atomic E-state index is 13.7. The van der Waals surface area contributed by atoms with E-state index in [0.717, 1.165) is 0 Å². The lowest BCUT2D eigenvalue weighted by atomic mass is 9.95. The molecule has 5 nitrogen and oxygen atoms in total. The van der Waals surface area contributed by atoms with Crippen molar-refractivity contribution in [2.45, 2.75) is 13.0 Å². The Kier molecular flexibility index (Phi) is 4.68. The Morgan fingerprint density at radius 1 is 1.03 bits per heavy atom. The molecule has 0 saturated carbocycles. The van der Waals surface area contributed by atoms with Gasteiger partial charge in [0.1, 0.15) is 11.6 Å². The van der Waals surface area contributed by atoms with Gasteiger partial charge in [0, 0.05) is 23.6 Å².